The van der Waals surface area contributed by atoms with Crippen molar-refractivity contribution in [3.8, 4) is 0 Å². The number of fused-ring (bicyclic) bond motifs is 3. The minimum atomic E-state index is -0.558. The van der Waals surface area contributed by atoms with E-state index in [1.165, 1.54) is 22.8 Å². The van der Waals surface area contributed by atoms with Crippen molar-refractivity contribution < 1.29 is 9.18 Å². The monoisotopic (exact) mass is 374 g/mol. The predicted octanol–water partition coefficient (Wildman–Crippen LogP) is 2.81. The molecule has 1 aliphatic carbocycles. The summed E-state index contributed by atoms with van der Waals surface area (Å²) in [7, 11) is 0. The molecule has 0 saturated heterocycles. The van der Waals surface area contributed by atoms with Gasteiger partial charge in [-0.15, -0.1) is 0 Å². The Bertz CT molecular complexity index is 1070. The van der Waals surface area contributed by atoms with E-state index < -0.39 is 11.7 Å². The first-order valence-electron chi connectivity index (χ1n) is 8.37. The second-order valence-corrected chi connectivity index (χ2v) is 6.74. The zero-order chi connectivity index (χ0) is 18.3. The van der Waals surface area contributed by atoms with Gasteiger partial charge in [-0.25, -0.2) is 8.91 Å². The number of carbonyl (C=O) groups is 1. The molecule has 0 bridgehead atoms. The summed E-state index contributed by atoms with van der Waals surface area (Å²) in [4.78, 5) is 25.1. The van der Waals surface area contributed by atoms with Gasteiger partial charge in [0.15, 0.2) is 0 Å². The van der Waals surface area contributed by atoms with Crippen molar-refractivity contribution in [1.29, 1.82) is 0 Å². The summed E-state index contributed by atoms with van der Waals surface area (Å²) < 4.78 is 16.2. The Hall–Kier alpha value is -2.67. The van der Waals surface area contributed by atoms with Gasteiger partial charge in [0.2, 0.25) is 5.91 Å². The van der Waals surface area contributed by atoms with Gasteiger partial charge in [-0.1, -0.05) is 11.6 Å². The predicted molar refractivity (Wildman–Crippen MR) is 96.1 cm³/mol. The van der Waals surface area contributed by atoms with Crippen molar-refractivity contribution in [3.63, 3.8) is 0 Å². The number of anilines is 1. The van der Waals surface area contributed by atoms with Gasteiger partial charge >= 0.3 is 0 Å². The third-order valence-electron chi connectivity index (χ3n) is 4.55. The standard InChI is InChI=1S/C18H16ClFN4O2/c19-13-9-11(5-6-14(13)20)21-16(25)10-23-7-8-24-17(18(23)26)12-3-1-2-4-15(12)22-24/h5-9H,1-4,10H2,(H,21,25). The Labute approximate surface area is 153 Å². The van der Waals surface area contributed by atoms with E-state index in [1.54, 1.807) is 16.9 Å². The molecule has 0 radical (unpaired) electrons. The van der Waals surface area contributed by atoms with Crippen LogP contribution in [-0.4, -0.2) is 20.1 Å². The highest BCUT2D eigenvalue weighted by molar-refractivity contribution is 6.31. The average molecular weight is 375 g/mol. The molecule has 2 heterocycles. The van der Waals surface area contributed by atoms with Crippen LogP contribution in [0, 0.1) is 5.82 Å². The minimum Gasteiger partial charge on any atom is -0.324 e. The number of aromatic nitrogens is 3. The molecule has 134 valence electrons. The molecule has 1 amide bonds. The average Bonchev–Trinajstić information content (AvgIpc) is 3.00. The lowest BCUT2D eigenvalue weighted by Crippen LogP contribution is -2.28. The third kappa shape index (κ3) is 2.99. The van der Waals surface area contributed by atoms with Gasteiger partial charge in [0.1, 0.15) is 17.9 Å². The number of hydrogen-bond acceptors (Lipinski definition) is 3. The first-order valence-corrected chi connectivity index (χ1v) is 8.75. The summed E-state index contributed by atoms with van der Waals surface area (Å²) >= 11 is 5.71. The highest BCUT2D eigenvalue weighted by atomic mass is 35.5. The largest absolute Gasteiger partial charge is 0.324 e. The van der Waals surface area contributed by atoms with Gasteiger partial charge in [-0.2, -0.15) is 5.10 Å². The van der Waals surface area contributed by atoms with Crippen LogP contribution in [-0.2, 0) is 24.2 Å². The molecule has 1 N–H and O–H groups in total. The smallest absolute Gasteiger partial charge is 0.277 e. The maximum Gasteiger partial charge on any atom is 0.277 e. The molecular formula is C18H16ClFN4O2. The lowest BCUT2D eigenvalue weighted by molar-refractivity contribution is -0.116. The molecule has 0 saturated carbocycles. The van der Waals surface area contributed by atoms with Gasteiger partial charge < -0.3 is 9.88 Å². The lowest BCUT2D eigenvalue weighted by atomic mass is 9.97. The van der Waals surface area contributed by atoms with Crippen LogP contribution in [0.2, 0.25) is 5.02 Å². The van der Waals surface area contributed by atoms with Gasteiger partial charge in [0.05, 0.1) is 10.7 Å². The minimum absolute atomic E-state index is 0.0766. The maximum absolute atomic E-state index is 13.2. The SMILES string of the molecule is O=C(Cn1ccn2nc3c(c2c1=O)CCCC3)Nc1ccc(F)c(Cl)c1. The quantitative estimate of drug-likeness (QED) is 0.766. The molecule has 8 heteroatoms. The summed E-state index contributed by atoms with van der Waals surface area (Å²) in [6, 6.07) is 3.92. The van der Waals surface area contributed by atoms with Crippen LogP contribution < -0.4 is 10.9 Å². The highest BCUT2D eigenvalue weighted by Crippen LogP contribution is 2.23. The van der Waals surface area contributed by atoms with Crippen molar-refractivity contribution >= 4 is 28.7 Å². The number of amides is 1. The number of carbonyl (C=O) groups excluding carboxylic acids is 1. The normalized spacial score (nSPS) is 13.6. The third-order valence-corrected chi connectivity index (χ3v) is 4.84. The molecule has 26 heavy (non-hydrogen) atoms. The van der Waals surface area contributed by atoms with Gasteiger partial charge in [-0.3, -0.25) is 9.59 Å². The Balaban J connectivity index is 1.60. The number of halogens is 2. The van der Waals surface area contributed by atoms with E-state index in [1.807, 2.05) is 0 Å². The molecule has 0 unspecified atom stereocenters. The molecule has 6 nitrogen and oxygen atoms in total. The molecule has 4 rings (SSSR count). The zero-order valence-corrected chi connectivity index (χ0v) is 14.6. The topological polar surface area (TPSA) is 68.4 Å². The van der Waals surface area contributed by atoms with Crippen molar-refractivity contribution in [2.24, 2.45) is 0 Å². The van der Waals surface area contributed by atoms with Crippen LogP contribution in [0.5, 0.6) is 0 Å². The van der Waals surface area contributed by atoms with E-state index in [0.717, 1.165) is 36.9 Å². The van der Waals surface area contributed by atoms with Crippen LogP contribution in [0.25, 0.3) is 5.52 Å². The molecule has 0 spiro atoms. The van der Waals surface area contributed by atoms with Gasteiger partial charge in [0, 0.05) is 23.6 Å². The fourth-order valence-electron chi connectivity index (χ4n) is 3.31. The zero-order valence-electron chi connectivity index (χ0n) is 13.8. The Morgan fingerprint density at radius 1 is 1.27 bits per heavy atom. The fourth-order valence-corrected chi connectivity index (χ4v) is 3.49. The Kier molecular flexibility index (Phi) is 4.24. The summed E-state index contributed by atoms with van der Waals surface area (Å²) in [5.74, 6) is -0.954. The number of hydrogen-bond donors (Lipinski definition) is 1. The van der Waals surface area contributed by atoms with Crippen LogP contribution in [0.3, 0.4) is 0 Å². The van der Waals surface area contributed by atoms with Crippen molar-refractivity contribution in [3.05, 3.63) is 63.0 Å². The number of nitrogens with zero attached hydrogens (tertiary/aromatic N) is 3. The number of benzene rings is 1. The summed E-state index contributed by atoms with van der Waals surface area (Å²) in [6.45, 7) is -0.149. The van der Waals surface area contributed by atoms with Crippen LogP contribution in [0.1, 0.15) is 24.1 Å². The summed E-state index contributed by atoms with van der Waals surface area (Å²) in [6.07, 6.45) is 7.06. The highest BCUT2D eigenvalue weighted by Gasteiger charge is 2.20. The van der Waals surface area contributed by atoms with Crippen molar-refractivity contribution in [2.75, 3.05) is 5.32 Å². The lowest BCUT2D eigenvalue weighted by Gasteiger charge is -2.10. The number of rotatable bonds is 3. The number of nitrogens with one attached hydrogen (secondary N) is 1. The van der Waals surface area contributed by atoms with E-state index in [9.17, 15) is 14.0 Å². The molecule has 1 aromatic carbocycles. The molecule has 0 aliphatic heterocycles. The molecular weight excluding hydrogens is 359 g/mol. The first kappa shape index (κ1) is 16.8. The van der Waals surface area contributed by atoms with E-state index in [-0.39, 0.29) is 17.1 Å². The molecule has 0 atom stereocenters. The molecule has 2 aromatic heterocycles. The van der Waals surface area contributed by atoms with Crippen LogP contribution >= 0.6 is 11.6 Å². The van der Waals surface area contributed by atoms with Crippen LogP contribution in [0.15, 0.2) is 35.4 Å². The Morgan fingerprint density at radius 3 is 2.88 bits per heavy atom. The maximum atomic E-state index is 13.2. The van der Waals surface area contributed by atoms with E-state index in [2.05, 4.69) is 10.4 Å². The number of aryl methyl sites for hydroxylation is 2. The van der Waals surface area contributed by atoms with Crippen molar-refractivity contribution in [1.82, 2.24) is 14.2 Å². The fraction of sp³-hybridized carbons (Fsp3) is 0.278. The van der Waals surface area contributed by atoms with Gasteiger partial charge in [-0.05, 0) is 43.9 Å². The Morgan fingerprint density at radius 2 is 2.08 bits per heavy atom. The second-order valence-electron chi connectivity index (χ2n) is 6.33. The molecule has 3 aromatic rings. The molecule has 1 aliphatic rings. The van der Waals surface area contributed by atoms with Crippen LogP contribution in [0.4, 0.5) is 10.1 Å². The van der Waals surface area contributed by atoms with E-state index in [4.69, 9.17) is 11.6 Å². The van der Waals surface area contributed by atoms with E-state index >= 15 is 0 Å². The first-order chi connectivity index (χ1) is 12.5. The second kappa shape index (κ2) is 6.57. The molecule has 0 fully saturated rings. The summed E-state index contributed by atoms with van der Waals surface area (Å²) in [5, 5.41) is 7.01. The van der Waals surface area contributed by atoms with Crippen molar-refractivity contribution in [2.45, 2.75) is 32.2 Å². The summed E-state index contributed by atoms with van der Waals surface area (Å²) in [5.41, 5.74) is 2.63. The van der Waals surface area contributed by atoms with Gasteiger partial charge in [0.25, 0.3) is 5.56 Å². The van der Waals surface area contributed by atoms with E-state index in [0.29, 0.717) is 11.2 Å².